The average molecular weight is 218 g/mol. The van der Waals surface area contributed by atoms with Gasteiger partial charge < -0.3 is 5.73 Å². The van der Waals surface area contributed by atoms with Crippen molar-refractivity contribution >= 4 is 33.4 Å². The van der Waals surface area contributed by atoms with Crippen LogP contribution >= 0.6 is 27.7 Å². The molecule has 0 bridgehead atoms. The van der Waals surface area contributed by atoms with Gasteiger partial charge in [-0.15, -0.1) is 11.8 Å². The monoisotopic (exact) mass is 217 g/mol. The third-order valence-electron chi connectivity index (χ3n) is 1.20. The molecule has 2 N–H and O–H groups in total. The lowest BCUT2D eigenvalue weighted by atomic mass is 10.3. The van der Waals surface area contributed by atoms with Crippen LogP contribution < -0.4 is 5.73 Å². The van der Waals surface area contributed by atoms with Gasteiger partial charge in [-0.25, -0.2) is 0 Å². The van der Waals surface area contributed by atoms with E-state index in [4.69, 9.17) is 5.73 Å². The molecule has 0 fully saturated rings. The number of halogens is 1. The fraction of sp³-hybridized carbons (Fsp3) is 0.143. The van der Waals surface area contributed by atoms with Crippen LogP contribution in [0.3, 0.4) is 0 Å². The van der Waals surface area contributed by atoms with Crippen molar-refractivity contribution < 1.29 is 0 Å². The number of rotatable bonds is 1. The molecular formula is C7H8BrNS. The summed E-state index contributed by atoms with van der Waals surface area (Å²) in [5.74, 6) is 0. The predicted molar refractivity (Wildman–Crippen MR) is 50.3 cm³/mol. The molecule has 1 nitrogen and oxygen atoms in total. The second-order valence-electron chi connectivity index (χ2n) is 1.86. The third kappa shape index (κ3) is 1.47. The summed E-state index contributed by atoms with van der Waals surface area (Å²) < 4.78 is 1.07. The fourth-order valence-electron chi connectivity index (χ4n) is 0.741. The van der Waals surface area contributed by atoms with Crippen molar-refractivity contribution in [2.75, 3.05) is 12.0 Å². The average Bonchev–Trinajstić information content (AvgIpc) is 1.88. The Morgan fingerprint density at radius 2 is 2.20 bits per heavy atom. The summed E-state index contributed by atoms with van der Waals surface area (Å²) >= 11 is 5.06. The maximum atomic E-state index is 5.68. The highest BCUT2D eigenvalue weighted by atomic mass is 79.9. The van der Waals surface area contributed by atoms with E-state index >= 15 is 0 Å². The minimum absolute atomic E-state index is 0.835. The summed E-state index contributed by atoms with van der Waals surface area (Å²) in [5, 5.41) is 0. The SMILES string of the molecule is CSc1c(N)cccc1Br. The van der Waals surface area contributed by atoms with E-state index < -0.39 is 0 Å². The molecule has 0 radical (unpaired) electrons. The van der Waals surface area contributed by atoms with Crippen LogP contribution in [0.1, 0.15) is 0 Å². The number of thioether (sulfide) groups is 1. The van der Waals surface area contributed by atoms with Crippen molar-refractivity contribution in [2.45, 2.75) is 4.90 Å². The van der Waals surface area contributed by atoms with Gasteiger partial charge in [0.15, 0.2) is 0 Å². The summed E-state index contributed by atoms with van der Waals surface area (Å²) in [5.41, 5.74) is 6.52. The van der Waals surface area contributed by atoms with Crippen LogP contribution in [-0.4, -0.2) is 6.26 Å². The molecule has 0 aliphatic carbocycles. The van der Waals surface area contributed by atoms with E-state index in [0.29, 0.717) is 0 Å². The van der Waals surface area contributed by atoms with Gasteiger partial charge in [0, 0.05) is 15.1 Å². The van der Waals surface area contributed by atoms with Gasteiger partial charge in [-0.2, -0.15) is 0 Å². The molecular weight excluding hydrogens is 210 g/mol. The Morgan fingerprint density at radius 3 is 2.60 bits per heavy atom. The van der Waals surface area contributed by atoms with E-state index in [9.17, 15) is 0 Å². The quantitative estimate of drug-likeness (QED) is 0.579. The van der Waals surface area contributed by atoms with Crippen LogP contribution in [0.4, 0.5) is 5.69 Å². The number of nitrogen functional groups attached to an aromatic ring is 1. The first-order chi connectivity index (χ1) is 4.75. The minimum Gasteiger partial charge on any atom is -0.398 e. The lowest BCUT2D eigenvalue weighted by Gasteiger charge is -2.02. The Morgan fingerprint density at radius 1 is 1.50 bits per heavy atom. The molecule has 0 unspecified atom stereocenters. The van der Waals surface area contributed by atoms with Gasteiger partial charge in [0.05, 0.1) is 0 Å². The van der Waals surface area contributed by atoms with E-state index in [1.165, 1.54) is 0 Å². The first kappa shape index (κ1) is 7.95. The largest absolute Gasteiger partial charge is 0.398 e. The van der Waals surface area contributed by atoms with Gasteiger partial charge >= 0.3 is 0 Å². The van der Waals surface area contributed by atoms with Gasteiger partial charge in [-0.05, 0) is 34.3 Å². The number of benzene rings is 1. The molecule has 1 aromatic carbocycles. The minimum atomic E-state index is 0.835. The van der Waals surface area contributed by atoms with Crippen LogP contribution in [0.5, 0.6) is 0 Å². The van der Waals surface area contributed by atoms with E-state index in [2.05, 4.69) is 15.9 Å². The van der Waals surface area contributed by atoms with E-state index in [1.807, 2.05) is 24.5 Å². The second-order valence-corrected chi connectivity index (χ2v) is 3.53. The van der Waals surface area contributed by atoms with E-state index in [1.54, 1.807) is 11.8 Å². The highest BCUT2D eigenvalue weighted by Gasteiger charge is 1.99. The van der Waals surface area contributed by atoms with Crippen molar-refractivity contribution in [3.8, 4) is 0 Å². The zero-order valence-corrected chi connectivity index (χ0v) is 8.00. The molecule has 0 atom stereocenters. The number of hydrogen-bond donors (Lipinski definition) is 1. The topological polar surface area (TPSA) is 26.0 Å². The number of hydrogen-bond acceptors (Lipinski definition) is 2. The van der Waals surface area contributed by atoms with Gasteiger partial charge in [0.25, 0.3) is 0 Å². The van der Waals surface area contributed by atoms with Crippen molar-refractivity contribution in [3.05, 3.63) is 22.7 Å². The van der Waals surface area contributed by atoms with Crippen LogP contribution in [0.15, 0.2) is 27.6 Å². The molecule has 0 aromatic heterocycles. The Bertz CT molecular complexity index is 217. The van der Waals surface area contributed by atoms with Crippen LogP contribution in [0, 0.1) is 0 Å². The van der Waals surface area contributed by atoms with E-state index in [0.717, 1.165) is 15.1 Å². The number of nitrogens with two attached hydrogens (primary N) is 1. The molecule has 0 aliphatic rings. The van der Waals surface area contributed by atoms with Crippen LogP contribution in [0.25, 0.3) is 0 Å². The highest BCUT2D eigenvalue weighted by Crippen LogP contribution is 2.30. The highest BCUT2D eigenvalue weighted by molar-refractivity contribution is 9.10. The normalized spacial score (nSPS) is 9.80. The molecule has 3 heteroatoms. The molecule has 0 heterocycles. The molecule has 10 heavy (non-hydrogen) atoms. The smallest absolute Gasteiger partial charge is 0.0463 e. The maximum Gasteiger partial charge on any atom is 0.0463 e. The Hall–Kier alpha value is -0.150. The molecule has 54 valence electrons. The first-order valence-electron chi connectivity index (χ1n) is 2.83. The lowest BCUT2D eigenvalue weighted by molar-refractivity contribution is 1.41. The van der Waals surface area contributed by atoms with Crippen molar-refractivity contribution in [2.24, 2.45) is 0 Å². The second kappa shape index (κ2) is 3.30. The standard InChI is InChI=1S/C7H8BrNS/c1-10-7-5(8)3-2-4-6(7)9/h2-4H,9H2,1H3. The molecule has 0 amide bonds. The Balaban J connectivity index is 3.17. The molecule has 0 saturated heterocycles. The molecule has 0 spiro atoms. The van der Waals surface area contributed by atoms with Crippen LogP contribution in [-0.2, 0) is 0 Å². The van der Waals surface area contributed by atoms with Crippen molar-refractivity contribution in [3.63, 3.8) is 0 Å². The maximum absolute atomic E-state index is 5.68. The summed E-state index contributed by atoms with van der Waals surface area (Å²) in [6.45, 7) is 0. The third-order valence-corrected chi connectivity index (χ3v) is 2.99. The van der Waals surface area contributed by atoms with Gasteiger partial charge in [0.2, 0.25) is 0 Å². The molecule has 1 rings (SSSR count). The zero-order chi connectivity index (χ0) is 7.56. The lowest BCUT2D eigenvalue weighted by Crippen LogP contribution is -1.87. The number of anilines is 1. The molecule has 1 aromatic rings. The molecule has 0 aliphatic heterocycles. The summed E-state index contributed by atoms with van der Waals surface area (Å²) in [7, 11) is 0. The van der Waals surface area contributed by atoms with Crippen molar-refractivity contribution in [1.29, 1.82) is 0 Å². The Kier molecular flexibility index (Phi) is 2.63. The zero-order valence-electron chi connectivity index (χ0n) is 5.60. The van der Waals surface area contributed by atoms with Gasteiger partial charge in [-0.3, -0.25) is 0 Å². The molecule has 0 saturated carbocycles. The van der Waals surface area contributed by atoms with Gasteiger partial charge in [-0.1, -0.05) is 6.07 Å². The van der Waals surface area contributed by atoms with E-state index in [-0.39, 0.29) is 0 Å². The van der Waals surface area contributed by atoms with Crippen molar-refractivity contribution in [1.82, 2.24) is 0 Å². The summed E-state index contributed by atoms with van der Waals surface area (Å²) in [6.07, 6.45) is 2.01. The predicted octanol–water partition coefficient (Wildman–Crippen LogP) is 2.75. The summed E-state index contributed by atoms with van der Waals surface area (Å²) in [4.78, 5) is 1.11. The Labute approximate surface area is 73.1 Å². The van der Waals surface area contributed by atoms with Crippen LogP contribution in [0.2, 0.25) is 0 Å². The fourth-order valence-corrected chi connectivity index (χ4v) is 2.17. The van der Waals surface area contributed by atoms with Gasteiger partial charge in [0.1, 0.15) is 0 Å². The first-order valence-corrected chi connectivity index (χ1v) is 4.85. The summed E-state index contributed by atoms with van der Waals surface area (Å²) in [6, 6.07) is 5.82.